The minimum absolute atomic E-state index is 0.122. The Balaban J connectivity index is 2.99. The van der Waals surface area contributed by atoms with E-state index >= 15 is 0 Å². The largest absolute Gasteiger partial charge is 0.411 e. The van der Waals surface area contributed by atoms with E-state index in [4.69, 9.17) is 9.47 Å². The first-order valence-electron chi connectivity index (χ1n) is 5.98. The highest BCUT2D eigenvalue weighted by Gasteiger charge is 2.26. The molecular formula is C11H22F3NO3. The average Bonchev–Trinajstić information content (AvgIpc) is 2.29. The van der Waals surface area contributed by atoms with Crippen LogP contribution in [0.4, 0.5) is 13.2 Å². The second-order valence-corrected chi connectivity index (χ2v) is 3.73. The first-order valence-corrected chi connectivity index (χ1v) is 5.98. The quantitative estimate of drug-likeness (QED) is 0.548. The Labute approximate surface area is 106 Å². The number of methoxy groups -OCH3 is 1. The number of rotatable bonds is 12. The van der Waals surface area contributed by atoms with Crippen LogP contribution in [0.5, 0.6) is 0 Å². The zero-order valence-electron chi connectivity index (χ0n) is 10.7. The lowest BCUT2D eigenvalue weighted by Gasteiger charge is -2.08. The molecule has 0 unspecified atom stereocenters. The molecule has 0 spiro atoms. The molecule has 4 nitrogen and oxygen atoms in total. The lowest BCUT2D eigenvalue weighted by molar-refractivity contribution is -0.173. The molecule has 7 heteroatoms. The van der Waals surface area contributed by atoms with Crippen molar-refractivity contribution in [3.63, 3.8) is 0 Å². The molecule has 0 aromatic heterocycles. The summed E-state index contributed by atoms with van der Waals surface area (Å²) in [6, 6.07) is 0. The van der Waals surface area contributed by atoms with Gasteiger partial charge in [0.15, 0.2) is 0 Å². The van der Waals surface area contributed by atoms with Crippen molar-refractivity contribution in [2.75, 3.05) is 53.2 Å². The highest BCUT2D eigenvalue weighted by Crippen LogP contribution is 2.14. The number of halogens is 3. The molecular weight excluding hydrogens is 251 g/mol. The van der Waals surface area contributed by atoms with E-state index in [1.54, 1.807) is 7.11 Å². The number of hydrogen-bond donors (Lipinski definition) is 1. The molecule has 110 valence electrons. The van der Waals surface area contributed by atoms with Crippen molar-refractivity contribution in [3.8, 4) is 0 Å². The highest BCUT2D eigenvalue weighted by atomic mass is 19.4. The van der Waals surface area contributed by atoms with Crippen LogP contribution in [0.25, 0.3) is 0 Å². The molecule has 1 N–H and O–H groups in total. The van der Waals surface area contributed by atoms with E-state index in [9.17, 15) is 13.2 Å². The van der Waals surface area contributed by atoms with Crippen molar-refractivity contribution in [1.82, 2.24) is 5.32 Å². The Kier molecular flexibility index (Phi) is 11.5. The van der Waals surface area contributed by atoms with Gasteiger partial charge in [-0.05, 0) is 25.9 Å². The van der Waals surface area contributed by atoms with Crippen LogP contribution in [-0.2, 0) is 14.2 Å². The van der Waals surface area contributed by atoms with Crippen LogP contribution < -0.4 is 5.32 Å². The van der Waals surface area contributed by atoms with E-state index in [-0.39, 0.29) is 6.61 Å². The van der Waals surface area contributed by atoms with E-state index in [0.717, 1.165) is 13.0 Å². The van der Waals surface area contributed by atoms with Gasteiger partial charge in [0.1, 0.15) is 6.61 Å². The SMILES string of the molecule is COCCOCCCNCCCOCC(F)(F)F. The Morgan fingerprint density at radius 2 is 1.50 bits per heavy atom. The van der Waals surface area contributed by atoms with Gasteiger partial charge in [-0.1, -0.05) is 0 Å². The Morgan fingerprint density at radius 1 is 0.889 bits per heavy atom. The minimum Gasteiger partial charge on any atom is -0.382 e. The van der Waals surface area contributed by atoms with Crippen LogP contribution in [0.15, 0.2) is 0 Å². The third kappa shape index (κ3) is 15.6. The summed E-state index contributed by atoms with van der Waals surface area (Å²) in [5, 5.41) is 3.10. The normalized spacial score (nSPS) is 12.0. The monoisotopic (exact) mass is 273 g/mol. The predicted molar refractivity (Wildman–Crippen MR) is 61.7 cm³/mol. The number of alkyl halides is 3. The topological polar surface area (TPSA) is 39.7 Å². The first-order chi connectivity index (χ1) is 8.56. The summed E-state index contributed by atoms with van der Waals surface area (Å²) in [5.74, 6) is 0. The minimum atomic E-state index is -4.23. The fourth-order valence-corrected chi connectivity index (χ4v) is 1.16. The first kappa shape index (κ1) is 17.6. The van der Waals surface area contributed by atoms with Gasteiger partial charge in [-0.15, -0.1) is 0 Å². The molecule has 0 atom stereocenters. The molecule has 0 saturated heterocycles. The summed E-state index contributed by atoms with van der Waals surface area (Å²) >= 11 is 0. The van der Waals surface area contributed by atoms with Crippen LogP contribution in [0.3, 0.4) is 0 Å². The molecule has 0 radical (unpaired) electrons. The van der Waals surface area contributed by atoms with Crippen LogP contribution in [-0.4, -0.2) is 59.4 Å². The smallest absolute Gasteiger partial charge is 0.382 e. The summed E-state index contributed by atoms with van der Waals surface area (Å²) in [7, 11) is 1.62. The van der Waals surface area contributed by atoms with Gasteiger partial charge in [0.2, 0.25) is 0 Å². The summed E-state index contributed by atoms with van der Waals surface area (Å²) in [4.78, 5) is 0. The summed E-state index contributed by atoms with van der Waals surface area (Å²) in [5.41, 5.74) is 0. The zero-order valence-corrected chi connectivity index (χ0v) is 10.7. The van der Waals surface area contributed by atoms with E-state index < -0.39 is 12.8 Å². The molecule has 0 amide bonds. The number of ether oxygens (including phenoxy) is 3. The van der Waals surface area contributed by atoms with Crippen LogP contribution in [0.2, 0.25) is 0 Å². The standard InChI is InChI=1S/C11H22F3NO3/c1-16-8-9-17-6-2-4-15-5-3-7-18-10-11(12,13)14/h15H,2-10H2,1H3. The van der Waals surface area contributed by atoms with Crippen molar-refractivity contribution in [2.24, 2.45) is 0 Å². The average molecular weight is 273 g/mol. The van der Waals surface area contributed by atoms with E-state index in [2.05, 4.69) is 10.1 Å². The molecule has 0 rings (SSSR count). The van der Waals surface area contributed by atoms with Gasteiger partial charge in [-0.3, -0.25) is 0 Å². The maximum atomic E-state index is 11.7. The maximum Gasteiger partial charge on any atom is 0.411 e. The van der Waals surface area contributed by atoms with Gasteiger partial charge >= 0.3 is 6.18 Å². The number of nitrogens with one attached hydrogen (secondary N) is 1. The van der Waals surface area contributed by atoms with Crippen molar-refractivity contribution in [1.29, 1.82) is 0 Å². The lowest BCUT2D eigenvalue weighted by atomic mass is 10.4. The molecule has 0 aromatic carbocycles. The summed E-state index contributed by atoms with van der Waals surface area (Å²) in [6.07, 6.45) is -2.79. The lowest BCUT2D eigenvalue weighted by Crippen LogP contribution is -2.21. The Bertz CT molecular complexity index is 179. The summed E-state index contributed by atoms with van der Waals surface area (Å²) in [6.45, 7) is 2.21. The third-order valence-electron chi connectivity index (χ3n) is 1.98. The molecule has 0 saturated carbocycles. The van der Waals surface area contributed by atoms with Gasteiger partial charge in [0, 0.05) is 20.3 Å². The molecule has 0 bridgehead atoms. The highest BCUT2D eigenvalue weighted by molar-refractivity contribution is 4.50. The molecule has 0 aromatic rings. The van der Waals surface area contributed by atoms with Gasteiger partial charge < -0.3 is 19.5 Å². The molecule has 0 fully saturated rings. The second kappa shape index (κ2) is 11.7. The predicted octanol–water partition coefficient (Wildman–Crippen LogP) is 1.60. The van der Waals surface area contributed by atoms with E-state index in [1.165, 1.54) is 0 Å². The fraction of sp³-hybridized carbons (Fsp3) is 1.00. The molecule has 0 aliphatic carbocycles. The molecule has 0 heterocycles. The number of hydrogen-bond acceptors (Lipinski definition) is 4. The zero-order chi connectivity index (χ0) is 13.7. The van der Waals surface area contributed by atoms with Gasteiger partial charge in [0.25, 0.3) is 0 Å². The van der Waals surface area contributed by atoms with Crippen LogP contribution >= 0.6 is 0 Å². The third-order valence-corrected chi connectivity index (χ3v) is 1.98. The maximum absolute atomic E-state index is 11.7. The van der Waals surface area contributed by atoms with Crippen molar-refractivity contribution in [2.45, 2.75) is 19.0 Å². The summed E-state index contributed by atoms with van der Waals surface area (Å²) < 4.78 is 49.6. The molecule has 0 aliphatic rings. The van der Waals surface area contributed by atoms with Gasteiger partial charge in [0.05, 0.1) is 13.2 Å². The van der Waals surface area contributed by atoms with E-state index in [1.807, 2.05) is 0 Å². The molecule has 0 aliphatic heterocycles. The van der Waals surface area contributed by atoms with Crippen molar-refractivity contribution in [3.05, 3.63) is 0 Å². The van der Waals surface area contributed by atoms with Crippen LogP contribution in [0.1, 0.15) is 12.8 Å². The van der Waals surface area contributed by atoms with Crippen molar-refractivity contribution >= 4 is 0 Å². The van der Waals surface area contributed by atoms with Crippen molar-refractivity contribution < 1.29 is 27.4 Å². The Hall–Kier alpha value is -0.370. The fourth-order valence-electron chi connectivity index (χ4n) is 1.16. The van der Waals surface area contributed by atoms with E-state index in [0.29, 0.717) is 32.8 Å². The Morgan fingerprint density at radius 3 is 2.06 bits per heavy atom. The van der Waals surface area contributed by atoms with Crippen LogP contribution in [0, 0.1) is 0 Å². The van der Waals surface area contributed by atoms with Gasteiger partial charge in [-0.25, -0.2) is 0 Å². The molecule has 18 heavy (non-hydrogen) atoms. The van der Waals surface area contributed by atoms with Gasteiger partial charge in [-0.2, -0.15) is 13.2 Å². The second-order valence-electron chi connectivity index (χ2n) is 3.73.